The predicted molar refractivity (Wildman–Crippen MR) is 101 cm³/mol. The van der Waals surface area contributed by atoms with Gasteiger partial charge in [-0.25, -0.2) is 0 Å². The second-order valence-electron chi connectivity index (χ2n) is 6.33. The Bertz CT molecular complexity index is 315. The normalized spacial score (nSPS) is 20.1. The van der Waals surface area contributed by atoms with Crippen LogP contribution < -0.4 is 10.6 Å². The molecule has 6 heteroatoms. The number of halogens is 1. The zero-order valence-electron chi connectivity index (χ0n) is 14.4. The maximum absolute atomic E-state index is 5.50. The van der Waals surface area contributed by atoms with Crippen LogP contribution in [-0.2, 0) is 4.74 Å². The zero-order valence-corrected chi connectivity index (χ0v) is 16.7. The summed E-state index contributed by atoms with van der Waals surface area (Å²) in [6.07, 6.45) is 2.12. The van der Waals surface area contributed by atoms with Crippen LogP contribution in [-0.4, -0.2) is 63.3 Å². The van der Waals surface area contributed by atoms with Crippen LogP contribution in [0.1, 0.15) is 33.6 Å². The maximum Gasteiger partial charge on any atom is 0.191 e. The summed E-state index contributed by atoms with van der Waals surface area (Å²) in [5, 5.41) is 6.94. The standard InChI is InChI=1S/C15H32N4O.HI/c1-12(2)13(3)18-14(16-4)17-11-15(19(5)6)7-9-20-10-8-15;/h12-13H,7-11H2,1-6H3,(H2,16,17,18);1H. The van der Waals surface area contributed by atoms with Gasteiger partial charge in [0.15, 0.2) is 5.96 Å². The van der Waals surface area contributed by atoms with Gasteiger partial charge in [-0.2, -0.15) is 0 Å². The largest absolute Gasteiger partial charge is 0.381 e. The van der Waals surface area contributed by atoms with Gasteiger partial charge >= 0.3 is 0 Å². The van der Waals surface area contributed by atoms with Gasteiger partial charge in [0.05, 0.1) is 0 Å². The fourth-order valence-corrected chi connectivity index (χ4v) is 2.36. The van der Waals surface area contributed by atoms with Crippen LogP contribution >= 0.6 is 24.0 Å². The molecule has 1 heterocycles. The molecule has 0 saturated carbocycles. The van der Waals surface area contributed by atoms with E-state index in [1.54, 1.807) is 0 Å². The quantitative estimate of drug-likeness (QED) is 0.412. The molecule has 0 aromatic rings. The lowest BCUT2D eigenvalue weighted by molar-refractivity contribution is -0.00503. The van der Waals surface area contributed by atoms with E-state index in [1.807, 2.05) is 7.05 Å². The summed E-state index contributed by atoms with van der Waals surface area (Å²) >= 11 is 0. The molecule has 0 amide bonds. The van der Waals surface area contributed by atoms with E-state index in [1.165, 1.54) is 0 Å². The lowest BCUT2D eigenvalue weighted by atomic mass is 9.88. The van der Waals surface area contributed by atoms with Crippen molar-refractivity contribution >= 4 is 29.9 Å². The molecule has 0 aliphatic carbocycles. The highest BCUT2D eigenvalue weighted by Gasteiger charge is 2.34. The number of likely N-dealkylation sites (N-methyl/N-ethyl adjacent to an activating group) is 1. The Kier molecular flexibility index (Phi) is 9.80. The van der Waals surface area contributed by atoms with Crippen LogP contribution in [0.4, 0.5) is 0 Å². The Morgan fingerprint density at radius 2 is 1.81 bits per heavy atom. The Labute approximate surface area is 147 Å². The smallest absolute Gasteiger partial charge is 0.191 e. The molecular formula is C15H33IN4O. The highest BCUT2D eigenvalue weighted by atomic mass is 127. The molecule has 5 nitrogen and oxygen atoms in total. The van der Waals surface area contributed by atoms with Gasteiger partial charge in [0, 0.05) is 38.4 Å². The topological polar surface area (TPSA) is 48.9 Å². The second-order valence-corrected chi connectivity index (χ2v) is 6.33. The number of nitrogens with zero attached hydrogens (tertiary/aromatic N) is 2. The molecule has 1 rings (SSSR count). The molecule has 0 aromatic heterocycles. The summed E-state index contributed by atoms with van der Waals surface area (Å²) in [7, 11) is 6.13. The Morgan fingerprint density at radius 3 is 2.24 bits per heavy atom. The summed E-state index contributed by atoms with van der Waals surface area (Å²) in [6, 6.07) is 0.409. The van der Waals surface area contributed by atoms with Crippen molar-refractivity contribution in [2.24, 2.45) is 10.9 Å². The van der Waals surface area contributed by atoms with Crippen LogP contribution in [0, 0.1) is 5.92 Å². The van der Waals surface area contributed by atoms with Gasteiger partial charge in [0.1, 0.15) is 0 Å². The van der Waals surface area contributed by atoms with Crippen molar-refractivity contribution in [2.45, 2.75) is 45.2 Å². The molecule has 0 bridgehead atoms. The number of ether oxygens (including phenoxy) is 1. The molecule has 1 atom stereocenters. The summed E-state index contributed by atoms with van der Waals surface area (Å²) in [5.74, 6) is 1.47. The van der Waals surface area contributed by atoms with Crippen molar-refractivity contribution in [3.8, 4) is 0 Å². The molecule has 0 spiro atoms. The Morgan fingerprint density at radius 1 is 1.24 bits per heavy atom. The monoisotopic (exact) mass is 412 g/mol. The maximum atomic E-state index is 5.50. The van der Waals surface area contributed by atoms with E-state index in [-0.39, 0.29) is 29.5 Å². The fourth-order valence-electron chi connectivity index (χ4n) is 2.36. The first-order valence-corrected chi connectivity index (χ1v) is 7.63. The third-order valence-electron chi connectivity index (χ3n) is 4.55. The van der Waals surface area contributed by atoms with Crippen LogP contribution in [0.2, 0.25) is 0 Å². The van der Waals surface area contributed by atoms with Gasteiger partial charge in [0.2, 0.25) is 0 Å². The fraction of sp³-hybridized carbons (Fsp3) is 0.933. The third-order valence-corrected chi connectivity index (χ3v) is 4.55. The summed E-state index contributed by atoms with van der Waals surface area (Å²) in [5.41, 5.74) is 0.164. The van der Waals surface area contributed by atoms with E-state index in [0.717, 1.165) is 38.6 Å². The molecule has 1 saturated heterocycles. The summed E-state index contributed by atoms with van der Waals surface area (Å²) in [6.45, 7) is 9.19. The SMILES string of the molecule is CN=C(NCC1(N(C)C)CCOCC1)NC(C)C(C)C.I. The van der Waals surface area contributed by atoms with Gasteiger partial charge < -0.3 is 20.3 Å². The molecule has 1 fully saturated rings. The van der Waals surface area contributed by atoms with Crippen LogP contribution in [0.15, 0.2) is 4.99 Å². The van der Waals surface area contributed by atoms with Crippen molar-refractivity contribution in [3.05, 3.63) is 0 Å². The number of aliphatic imine (C=N–C) groups is 1. The van der Waals surface area contributed by atoms with Gasteiger partial charge in [-0.15, -0.1) is 24.0 Å². The average Bonchev–Trinajstić information content (AvgIpc) is 2.43. The number of guanidine groups is 1. The molecule has 0 aromatic carbocycles. The molecule has 126 valence electrons. The highest BCUT2D eigenvalue weighted by Crippen LogP contribution is 2.24. The molecule has 1 unspecified atom stereocenters. The van der Waals surface area contributed by atoms with Gasteiger partial charge in [0.25, 0.3) is 0 Å². The van der Waals surface area contributed by atoms with Crippen molar-refractivity contribution in [2.75, 3.05) is 40.9 Å². The van der Waals surface area contributed by atoms with Crippen LogP contribution in [0.25, 0.3) is 0 Å². The van der Waals surface area contributed by atoms with Gasteiger partial charge in [-0.3, -0.25) is 4.99 Å². The summed E-state index contributed by atoms with van der Waals surface area (Å²) in [4.78, 5) is 6.65. The van der Waals surface area contributed by atoms with Crippen molar-refractivity contribution < 1.29 is 4.74 Å². The van der Waals surface area contributed by atoms with Crippen molar-refractivity contribution in [3.63, 3.8) is 0 Å². The minimum absolute atomic E-state index is 0. The molecule has 21 heavy (non-hydrogen) atoms. The lowest BCUT2D eigenvalue weighted by Crippen LogP contribution is -2.57. The van der Waals surface area contributed by atoms with Gasteiger partial charge in [-0.1, -0.05) is 13.8 Å². The highest BCUT2D eigenvalue weighted by molar-refractivity contribution is 14.0. The molecule has 2 N–H and O–H groups in total. The molecular weight excluding hydrogens is 379 g/mol. The lowest BCUT2D eigenvalue weighted by Gasteiger charge is -2.43. The zero-order chi connectivity index (χ0) is 15.2. The minimum Gasteiger partial charge on any atom is -0.381 e. The predicted octanol–water partition coefficient (Wildman–Crippen LogP) is 1.92. The molecule has 0 radical (unpaired) electrons. The third kappa shape index (κ3) is 6.28. The van der Waals surface area contributed by atoms with Crippen LogP contribution in [0.5, 0.6) is 0 Å². The van der Waals surface area contributed by atoms with E-state index < -0.39 is 0 Å². The number of hydrogen-bond donors (Lipinski definition) is 2. The van der Waals surface area contributed by atoms with E-state index in [4.69, 9.17) is 4.74 Å². The van der Waals surface area contributed by atoms with Crippen molar-refractivity contribution in [1.82, 2.24) is 15.5 Å². The average molecular weight is 412 g/mol. The van der Waals surface area contributed by atoms with Crippen LogP contribution in [0.3, 0.4) is 0 Å². The van der Waals surface area contributed by atoms with Crippen molar-refractivity contribution in [1.29, 1.82) is 0 Å². The minimum atomic E-state index is 0. The first-order valence-electron chi connectivity index (χ1n) is 7.63. The molecule has 1 aliphatic rings. The van der Waals surface area contributed by atoms with E-state index >= 15 is 0 Å². The molecule has 1 aliphatic heterocycles. The number of rotatable bonds is 5. The first-order chi connectivity index (χ1) is 9.41. The Hall–Kier alpha value is -0.0800. The van der Waals surface area contributed by atoms with Gasteiger partial charge in [-0.05, 0) is 39.8 Å². The van der Waals surface area contributed by atoms with E-state index in [9.17, 15) is 0 Å². The number of nitrogens with one attached hydrogen (secondary N) is 2. The van der Waals surface area contributed by atoms with E-state index in [0.29, 0.717) is 12.0 Å². The first kappa shape index (κ1) is 20.9. The Balaban J connectivity index is 0.00000400. The summed E-state index contributed by atoms with van der Waals surface area (Å²) < 4.78 is 5.50. The van der Waals surface area contributed by atoms with E-state index in [2.05, 4.69) is 55.4 Å². The second kappa shape index (κ2) is 9.84. The number of hydrogen-bond acceptors (Lipinski definition) is 3.